The van der Waals surface area contributed by atoms with E-state index in [0.29, 0.717) is 6.42 Å². The van der Waals surface area contributed by atoms with Crippen molar-refractivity contribution in [3.05, 3.63) is 17.4 Å². The monoisotopic (exact) mass is 296 g/mol. The summed E-state index contributed by atoms with van der Waals surface area (Å²) in [4.78, 5) is 27.2. The molecular weight excluding hydrogens is 279 g/mol. The molecule has 1 fully saturated rings. The second-order valence-corrected chi connectivity index (χ2v) is 4.93. The van der Waals surface area contributed by atoms with E-state index >= 15 is 0 Å². The normalized spacial score (nSPS) is 13.8. The van der Waals surface area contributed by atoms with Gasteiger partial charge in [-0.25, -0.2) is 4.39 Å². The lowest BCUT2D eigenvalue weighted by molar-refractivity contribution is -0.142. The van der Waals surface area contributed by atoms with Crippen molar-refractivity contribution in [1.29, 1.82) is 0 Å². The highest BCUT2D eigenvalue weighted by atomic mass is 19.1. The minimum atomic E-state index is -0.998. The zero-order valence-electron chi connectivity index (χ0n) is 11.7. The van der Waals surface area contributed by atoms with E-state index in [4.69, 9.17) is 4.74 Å². The number of hydrogen-bond acceptors (Lipinski definition) is 6. The van der Waals surface area contributed by atoms with Gasteiger partial charge in [0, 0.05) is 6.04 Å². The molecule has 21 heavy (non-hydrogen) atoms. The van der Waals surface area contributed by atoms with Gasteiger partial charge in [0.05, 0.1) is 12.2 Å². The van der Waals surface area contributed by atoms with Gasteiger partial charge >= 0.3 is 5.97 Å². The third kappa shape index (κ3) is 4.14. The Balaban J connectivity index is 2.14. The zero-order chi connectivity index (χ0) is 15.4. The van der Waals surface area contributed by atoms with Gasteiger partial charge in [0.25, 0.3) is 0 Å². The number of nitrogens with zero attached hydrogens (tertiary/aromatic N) is 1. The Morgan fingerprint density at radius 3 is 2.86 bits per heavy atom. The number of ether oxygens (including phenoxy) is 1. The molecule has 1 aliphatic rings. The highest BCUT2D eigenvalue weighted by Crippen LogP contribution is 2.28. The number of nitrogens with one attached hydrogen (secondary N) is 1. The molecule has 1 aromatic heterocycles. The molecule has 0 unspecified atom stereocenters. The standard InChI is InChI=1S/C14H17FN2O4/c1-2-5-21-12(19)7-11(18)9-6-10(15)14(20)17-13(9)16-8-3-4-8/h6,8H,2-5,7H2,1H3,(H2,16,17,20). The van der Waals surface area contributed by atoms with Crippen LogP contribution in [0.4, 0.5) is 10.2 Å². The number of Topliss-reactive ketones (excluding diaryl/α,β-unsaturated/α-hetero) is 1. The van der Waals surface area contributed by atoms with Gasteiger partial charge in [-0.05, 0) is 25.3 Å². The molecule has 0 radical (unpaired) electrons. The molecule has 0 saturated heterocycles. The van der Waals surface area contributed by atoms with Crippen LogP contribution in [0.25, 0.3) is 0 Å². The van der Waals surface area contributed by atoms with Crippen LogP contribution in [0.5, 0.6) is 5.88 Å². The number of esters is 1. The second kappa shape index (κ2) is 6.51. The van der Waals surface area contributed by atoms with Crippen molar-refractivity contribution in [1.82, 2.24) is 4.98 Å². The van der Waals surface area contributed by atoms with E-state index in [1.807, 2.05) is 6.92 Å². The summed E-state index contributed by atoms with van der Waals surface area (Å²) in [5.74, 6) is -2.92. The minimum absolute atomic E-state index is 0.0503. The van der Waals surface area contributed by atoms with Crippen molar-refractivity contribution >= 4 is 17.6 Å². The van der Waals surface area contributed by atoms with Crippen molar-refractivity contribution in [3.8, 4) is 5.88 Å². The van der Waals surface area contributed by atoms with Gasteiger partial charge in [-0.3, -0.25) is 9.59 Å². The molecule has 1 aliphatic carbocycles. The summed E-state index contributed by atoms with van der Waals surface area (Å²) in [7, 11) is 0. The summed E-state index contributed by atoms with van der Waals surface area (Å²) in [6, 6.07) is 1.06. The van der Waals surface area contributed by atoms with Gasteiger partial charge in [0.1, 0.15) is 12.2 Å². The maximum absolute atomic E-state index is 13.4. The molecule has 0 spiro atoms. The number of aromatic nitrogens is 1. The molecule has 0 bridgehead atoms. The van der Waals surface area contributed by atoms with Crippen LogP contribution in [0.2, 0.25) is 0 Å². The molecule has 0 aromatic carbocycles. The molecule has 2 N–H and O–H groups in total. The summed E-state index contributed by atoms with van der Waals surface area (Å²) >= 11 is 0. The summed E-state index contributed by atoms with van der Waals surface area (Å²) in [5, 5.41) is 12.2. The highest BCUT2D eigenvalue weighted by molar-refractivity contribution is 6.08. The van der Waals surface area contributed by atoms with Crippen LogP contribution < -0.4 is 5.32 Å². The van der Waals surface area contributed by atoms with E-state index < -0.39 is 29.9 Å². The minimum Gasteiger partial charge on any atom is -0.491 e. The average Bonchev–Trinajstić information content (AvgIpc) is 3.24. The number of ketones is 1. The number of halogens is 1. The average molecular weight is 296 g/mol. The van der Waals surface area contributed by atoms with Crippen molar-refractivity contribution in [2.24, 2.45) is 0 Å². The fraction of sp³-hybridized carbons (Fsp3) is 0.500. The van der Waals surface area contributed by atoms with Crippen LogP contribution >= 0.6 is 0 Å². The molecule has 1 heterocycles. The lowest BCUT2D eigenvalue weighted by atomic mass is 10.1. The summed E-state index contributed by atoms with van der Waals surface area (Å²) in [5.41, 5.74) is -0.0503. The smallest absolute Gasteiger partial charge is 0.313 e. The van der Waals surface area contributed by atoms with Gasteiger partial charge in [0.15, 0.2) is 11.6 Å². The largest absolute Gasteiger partial charge is 0.491 e. The fourth-order valence-corrected chi connectivity index (χ4v) is 1.72. The van der Waals surface area contributed by atoms with Gasteiger partial charge in [-0.2, -0.15) is 4.98 Å². The SMILES string of the molecule is CCCOC(=O)CC(=O)c1cc(F)c(O)nc1NC1CC1. The van der Waals surface area contributed by atoms with Crippen LogP contribution in [-0.2, 0) is 9.53 Å². The number of hydrogen-bond donors (Lipinski definition) is 2. The number of rotatable bonds is 7. The number of anilines is 1. The summed E-state index contributed by atoms with van der Waals surface area (Å²) in [6.07, 6.45) is 2.02. The zero-order valence-corrected chi connectivity index (χ0v) is 11.7. The molecule has 0 atom stereocenters. The third-order valence-corrected chi connectivity index (χ3v) is 2.95. The van der Waals surface area contributed by atoms with Gasteiger partial charge in [-0.15, -0.1) is 0 Å². The van der Waals surface area contributed by atoms with Crippen LogP contribution in [0.3, 0.4) is 0 Å². The number of carbonyl (C=O) groups excluding carboxylic acids is 2. The molecule has 0 amide bonds. The number of pyridine rings is 1. The quantitative estimate of drug-likeness (QED) is 0.454. The number of aromatic hydroxyl groups is 1. The summed E-state index contributed by atoms with van der Waals surface area (Å²) in [6.45, 7) is 2.08. The van der Waals surface area contributed by atoms with Crippen molar-refractivity contribution in [2.45, 2.75) is 38.6 Å². The molecule has 2 rings (SSSR count). The molecule has 114 valence electrons. The molecule has 1 saturated carbocycles. The van der Waals surface area contributed by atoms with Crippen LogP contribution in [0.1, 0.15) is 43.0 Å². The van der Waals surface area contributed by atoms with E-state index in [-0.39, 0.29) is 24.0 Å². The van der Waals surface area contributed by atoms with Crippen LogP contribution in [-0.4, -0.2) is 34.5 Å². The first kappa shape index (κ1) is 15.2. The molecular formula is C14H17FN2O4. The third-order valence-electron chi connectivity index (χ3n) is 2.95. The second-order valence-electron chi connectivity index (χ2n) is 4.93. The van der Waals surface area contributed by atoms with Crippen molar-refractivity contribution in [2.75, 3.05) is 11.9 Å². The summed E-state index contributed by atoms with van der Waals surface area (Å²) < 4.78 is 18.2. The predicted octanol–water partition coefficient (Wildman–Crippen LogP) is 2.03. The lowest BCUT2D eigenvalue weighted by Gasteiger charge is -2.10. The molecule has 6 nitrogen and oxygen atoms in total. The van der Waals surface area contributed by atoms with E-state index in [2.05, 4.69) is 10.3 Å². The Morgan fingerprint density at radius 2 is 2.24 bits per heavy atom. The highest BCUT2D eigenvalue weighted by Gasteiger charge is 2.26. The van der Waals surface area contributed by atoms with Gasteiger partial charge < -0.3 is 15.2 Å². The Labute approximate surface area is 121 Å². The van der Waals surface area contributed by atoms with Crippen LogP contribution in [0, 0.1) is 5.82 Å². The topological polar surface area (TPSA) is 88.5 Å². The fourth-order valence-electron chi connectivity index (χ4n) is 1.72. The Morgan fingerprint density at radius 1 is 1.52 bits per heavy atom. The van der Waals surface area contributed by atoms with Crippen molar-refractivity contribution < 1.29 is 23.8 Å². The first-order valence-electron chi connectivity index (χ1n) is 6.86. The predicted molar refractivity (Wildman–Crippen MR) is 72.7 cm³/mol. The Kier molecular flexibility index (Phi) is 4.72. The van der Waals surface area contributed by atoms with E-state index in [1.165, 1.54) is 0 Å². The van der Waals surface area contributed by atoms with E-state index in [1.54, 1.807) is 0 Å². The molecule has 1 aromatic rings. The van der Waals surface area contributed by atoms with Gasteiger partial charge in [-0.1, -0.05) is 6.92 Å². The maximum atomic E-state index is 13.4. The maximum Gasteiger partial charge on any atom is 0.313 e. The number of carbonyl (C=O) groups is 2. The van der Waals surface area contributed by atoms with E-state index in [9.17, 15) is 19.1 Å². The van der Waals surface area contributed by atoms with E-state index in [0.717, 1.165) is 18.9 Å². The first-order chi connectivity index (χ1) is 10.0. The van der Waals surface area contributed by atoms with Crippen LogP contribution in [0.15, 0.2) is 6.07 Å². The van der Waals surface area contributed by atoms with Gasteiger partial charge in [0.2, 0.25) is 5.88 Å². The van der Waals surface area contributed by atoms with Crippen molar-refractivity contribution in [3.63, 3.8) is 0 Å². The Hall–Kier alpha value is -2.18. The molecule has 0 aliphatic heterocycles. The first-order valence-corrected chi connectivity index (χ1v) is 6.86. The lowest BCUT2D eigenvalue weighted by Crippen LogP contribution is -2.15. The Bertz CT molecular complexity index is 558. The molecule has 7 heteroatoms.